The lowest BCUT2D eigenvalue weighted by molar-refractivity contribution is 0.242. The van der Waals surface area contributed by atoms with Crippen molar-refractivity contribution in [1.29, 1.82) is 0 Å². The minimum Gasteiger partial charge on any atom is -0.491 e. The van der Waals surface area contributed by atoms with Crippen molar-refractivity contribution in [3.63, 3.8) is 0 Å². The Labute approximate surface area is 154 Å². The summed E-state index contributed by atoms with van der Waals surface area (Å²) in [6.07, 6.45) is 1.99. The summed E-state index contributed by atoms with van der Waals surface area (Å²) in [6, 6.07) is 17.3. The highest BCUT2D eigenvalue weighted by molar-refractivity contribution is 7.15. The lowest BCUT2D eigenvalue weighted by atomic mass is 10.2. The summed E-state index contributed by atoms with van der Waals surface area (Å²) in [4.78, 5) is 17.7. The summed E-state index contributed by atoms with van der Waals surface area (Å²) in [5.74, 6) is 1.34. The fourth-order valence-electron chi connectivity index (χ4n) is 2.61. The molecule has 26 heavy (non-hydrogen) atoms. The Balaban J connectivity index is 1.69. The van der Waals surface area contributed by atoms with E-state index in [0.29, 0.717) is 15.3 Å². The molecule has 0 fully saturated rings. The van der Waals surface area contributed by atoms with Gasteiger partial charge in [0.2, 0.25) is 4.96 Å². The number of nitrogens with zero attached hydrogens (tertiary/aromatic N) is 3. The van der Waals surface area contributed by atoms with Crippen molar-refractivity contribution >= 4 is 22.4 Å². The van der Waals surface area contributed by atoms with Crippen molar-refractivity contribution in [2.75, 3.05) is 0 Å². The van der Waals surface area contributed by atoms with Crippen LogP contribution in [-0.2, 0) is 0 Å². The van der Waals surface area contributed by atoms with Crippen LogP contribution in [0.1, 0.15) is 19.4 Å². The largest absolute Gasteiger partial charge is 0.491 e. The minimum absolute atomic E-state index is 0.124. The summed E-state index contributed by atoms with van der Waals surface area (Å²) in [7, 11) is 0. The molecule has 6 heteroatoms. The van der Waals surface area contributed by atoms with Crippen LogP contribution < -0.4 is 14.8 Å². The van der Waals surface area contributed by atoms with Crippen LogP contribution in [0.15, 0.2) is 59.4 Å². The van der Waals surface area contributed by atoms with E-state index < -0.39 is 0 Å². The Bertz CT molecular complexity index is 1150. The molecule has 5 nitrogen and oxygen atoms in total. The Morgan fingerprint density at radius 3 is 2.46 bits per heavy atom. The molecular formula is C20H17N3O2S. The summed E-state index contributed by atoms with van der Waals surface area (Å²) in [6.45, 7) is 3.97. The summed E-state index contributed by atoms with van der Waals surface area (Å²) < 4.78 is 7.63. The van der Waals surface area contributed by atoms with E-state index in [1.807, 2.05) is 74.5 Å². The number of rotatable bonds is 4. The van der Waals surface area contributed by atoms with Crippen molar-refractivity contribution in [2.45, 2.75) is 20.0 Å². The second kappa shape index (κ2) is 6.72. The predicted molar refractivity (Wildman–Crippen MR) is 104 cm³/mol. The molecule has 2 heterocycles. The molecule has 0 saturated heterocycles. The molecule has 0 bridgehead atoms. The van der Waals surface area contributed by atoms with Crippen LogP contribution in [0.5, 0.6) is 5.75 Å². The van der Waals surface area contributed by atoms with E-state index in [1.165, 1.54) is 15.9 Å². The average Bonchev–Trinajstić information content (AvgIpc) is 3.16. The third kappa shape index (κ3) is 3.23. The fraction of sp³-hybridized carbons (Fsp3) is 0.150. The normalized spacial score (nSPS) is 12.2. The second-order valence-electron chi connectivity index (χ2n) is 6.15. The molecule has 0 amide bonds. The third-order valence-electron chi connectivity index (χ3n) is 3.76. The van der Waals surface area contributed by atoms with Crippen molar-refractivity contribution in [2.24, 2.45) is 0 Å². The molecule has 0 aliphatic carbocycles. The zero-order valence-corrected chi connectivity index (χ0v) is 15.2. The second-order valence-corrected chi connectivity index (χ2v) is 7.16. The van der Waals surface area contributed by atoms with Gasteiger partial charge in [-0.05, 0) is 49.8 Å². The molecule has 4 aromatic rings. The van der Waals surface area contributed by atoms with Crippen LogP contribution in [0.4, 0.5) is 0 Å². The van der Waals surface area contributed by atoms with E-state index in [4.69, 9.17) is 4.74 Å². The van der Waals surface area contributed by atoms with Gasteiger partial charge in [-0.3, -0.25) is 4.79 Å². The summed E-state index contributed by atoms with van der Waals surface area (Å²) in [5, 5.41) is 4.38. The van der Waals surface area contributed by atoms with Crippen molar-refractivity contribution in [3.05, 3.63) is 75.0 Å². The maximum atomic E-state index is 12.6. The molecular weight excluding hydrogens is 346 g/mol. The number of thiazole rings is 1. The van der Waals surface area contributed by atoms with Gasteiger partial charge < -0.3 is 4.74 Å². The summed E-state index contributed by atoms with van der Waals surface area (Å²) in [5.41, 5.74) is 1.69. The molecule has 0 radical (unpaired) electrons. The zero-order valence-electron chi connectivity index (χ0n) is 14.4. The first-order valence-electron chi connectivity index (χ1n) is 8.33. The Hall–Kier alpha value is -2.99. The maximum Gasteiger partial charge on any atom is 0.291 e. The van der Waals surface area contributed by atoms with Gasteiger partial charge in [0.1, 0.15) is 5.75 Å². The van der Waals surface area contributed by atoms with Crippen LogP contribution >= 0.6 is 11.3 Å². The van der Waals surface area contributed by atoms with Gasteiger partial charge in [-0.25, -0.2) is 0 Å². The number of ether oxygens (including phenoxy) is 1. The Morgan fingerprint density at radius 2 is 1.81 bits per heavy atom. The van der Waals surface area contributed by atoms with E-state index in [0.717, 1.165) is 16.9 Å². The molecule has 2 aromatic carbocycles. The molecule has 0 atom stereocenters. The van der Waals surface area contributed by atoms with Crippen LogP contribution in [0.2, 0.25) is 0 Å². The van der Waals surface area contributed by atoms with Gasteiger partial charge in [-0.1, -0.05) is 41.7 Å². The van der Waals surface area contributed by atoms with Crippen LogP contribution in [0, 0.1) is 0 Å². The highest BCUT2D eigenvalue weighted by Crippen LogP contribution is 2.21. The highest BCUT2D eigenvalue weighted by Gasteiger charge is 2.12. The number of hydrogen-bond acceptors (Lipinski definition) is 5. The molecule has 0 aliphatic heterocycles. The van der Waals surface area contributed by atoms with Crippen molar-refractivity contribution in [1.82, 2.24) is 14.6 Å². The number of hydrogen-bond donors (Lipinski definition) is 0. The highest BCUT2D eigenvalue weighted by atomic mass is 32.1. The van der Waals surface area contributed by atoms with E-state index in [9.17, 15) is 4.79 Å². The third-order valence-corrected chi connectivity index (χ3v) is 4.72. The maximum absolute atomic E-state index is 12.6. The monoisotopic (exact) mass is 363 g/mol. The van der Waals surface area contributed by atoms with Crippen LogP contribution in [0.25, 0.3) is 22.4 Å². The van der Waals surface area contributed by atoms with Gasteiger partial charge in [0, 0.05) is 5.56 Å². The van der Waals surface area contributed by atoms with Gasteiger partial charge in [0.05, 0.1) is 10.6 Å². The van der Waals surface area contributed by atoms with E-state index >= 15 is 0 Å². The predicted octanol–water partition coefficient (Wildman–Crippen LogP) is 3.15. The molecule has 0 spiro atoms. The average molecular weight is 363 g/mol. The van der Waals surface area contributed by atoms with Gasteiger partial charge in [-0.2, -0.15) is 9.50 Å². The standard InChI is InChI=1S/C20H17N3O2S/c1-13(2)25-16-10-8-15(9-11-16)18-21-20-23(22-18)19(24)17(26-20)12-14-6-4-3-5-7-14/h3-13H,1-2H3/b17-12-. The number of fused-ring (bicyclic) bond motifs is 1. The van der Waals surface area contributed by atoms with Gasteiger partial charge in [0.15, 0.2) is 5.82 Å². The number of benzene rings is 2. The molecule has 0 aliphatic rings. The SMILES string of the molecule is CC(C)Oc1ccc(-c2nc3s/c(=C\c4ccccc4)c(=O)n3n2)cc1. The molecule has 0 saturated carbocycles. The topological polar surface area (TPSA) is 56.5 Å². The smallest absolute Gasteiger partial charge is 0.291 e. The molecule has 0 N–H and O–H groups in total. The van der Waals surface area contributed by atoms with Gasteiger partial charge in [-0.15, -0.1) is 5.10 Å². The van der Waals surface area contributed by atoms with Crippen molar-refractivity contribution < 1.29 is 4.74 Å². The molecule has 130 valence electrons. The zero-order chi connectivity index (χ0) is 18.1. The first-order valence-corrected chi connectivity index (χ1v) is 9.15. The minimum atomic E-state index is -0.146. The van der Waals surface area contributed by atoms with Crippen LogP contribution in [0.3, 0.4) is 0 Å². The van der Waals surface area contributed by atoms with E-state index in [-0.39, 0.29) is 11.7 Å². The van der Waals surface area contributed by atoms with E-state index in [2.05, 4.69) is 10.1 Å². The number of aromatic nitrogens is 3. The first kappa shape index (κ1) is 16.5. The van der Waals surface area contributed by atoms with Crippen molar-refractivity contribution in [3.8, 4) is 17.1 Å². The van der Waals surface area contributed by atoms with Crippen LogP contribution in [-0.4, -0.2) is 20.7 Å². The quantitative estimate of drug-likeness (QED) is 0.559. The van der Waals surface area contributed by atoms with E-state index in [1.54, 1.807) is 0 Å². The van der Waals surface area contributed by atoms with Gasteiger partial charge >= 0.3 is 0 Å². The Kier molecular flexibility index (Phi) is 4.26. The fourth-order valence-corrected chi connectivity index (χ4v) is 3.52. The summed E-state index contributed by atoms with van der Waals surface area (Å²) >= 11 is 1.34. The molecule has 0 unspecified atom stereocenters. The Morgan fingerprint density at radius 1 is 1.08 bits per heavy atom. The lowest BCUT2D eigenvalue weighted by Crippen LogP contribution is -2.23. The lowest BCUT2D eigenvalue weighted by Gasteiger charge is -2.09. The van der Waals surface area contributed by atoms with Gasteiger partial charge in [0.25, 0.3) is 5.56 Å². The molecule has 2 aromatic heterocycles. The first-order chi connectivity index (χ1) is 12.6. The molecule has 4 rings (SSSR count).